The lowest BCUT2D eigenvalue weighted by Gasteiger charge is -2.25. The van der Waals surface area contributed by atoms with E-state index in [0.717, 1.165) is 57.8 Å². The lowest BCUT2D eigenvalue weighted by atomic mass is 10.0. The van der Waals surface area contributed by atoms with Gasteiger partial charge in [-0.25, -0.2) is 4.57 Å². The number of amides is 1. The number of hydrogen-bond acceptors (Lipinski definition) is 5. The predicted molar refractivity (Wildman–Crippen MR) is 217 cm³/mol. The summed E-state index contributed by atoms with van der Waals surface area (Å²) in [7, 11) is 1.54. The molecule has 0 rings (SSSR count). The van der Waals surface area contributed by atoms with E-state index < -0.39 is 20.0 Å². The van der Waals surface area contributed by atoms with Crippen LogP contribution in [0.4, 0.5) is 0 Å². The fourth-order valence-electron chi connectivity index (χ4n) is 5.72. The minimum atomic E-state index is -4.33. The molecule has 0 saturated heterocycles. The molecule has 0 aromatic rings. The summed E-state index contributed by atoms with van der Waals surface area (Å²) in [6.07, 6.45) is 41.3. The van der Waals surface area contributed by atoms with Gasteiger partial charge in [-0.3, -0.25) is 13.8 Å². The molecule has 0 aromatic carbocycles. The standard InChI is InChI=1S/C42H81N2O6P/c1-6-8-10-12-13-14-15-16-17-18-19-20-21-22-23-24-25-26-27-28-29-30-32-33-35-41(45)40(43-42(46)36-34-31-11-9-7-2)39-50-51(47,48)49-38-37-44(3,4)5/h24-25,28-29,33,35,40-41,45H,6-23,26-27,30-32,34,36-39H2,1-5H3,(H-,43,46,47,48)/p+1/b25-24+,29-28+,35-33+. The Hall–Kier alpha value is -1.28. The predicted octanol–water partition coefficient (Wildman–Crippen LogP) is 11.1. The average molecular weight is 742 g/mol. The number of rotatable bonds is 37. The number of aliphatic hydroxyl groups excluding tert-OH is 1. The number of quaternary nitrogens is 1. The third-order valence-corrected chi connectivity index (χ3v) is 10.1. The van der Waals surface area contributed by atoms with Crippen LogP contribution in [0.3, 0.4) is 0 Å². The van der Waals surface area contributed by atoms with Crippen LogP contribution in [-0.2, 0) is 18.4 Å². The summed E-state index contributed by atoms with van der Waals surface area (Å²) in [6.45, 7) is 4.68. The summed E-state index contributed by atoms with van der Waals surface area (Å²) in [5.74, 6) is -0.206. The molecule has 300 valence electrons. The first-order chi connectivity index (χ1) is 24.5. The van der Waals surface area contributed by atoms with Gasteiger partial charge in [0.05, 0.1) is 39.9 Å². The monoisotopic (exact) mass is 742 g/mol. The summed E-state index contributed by atoms with van der Waals surface area (Å²) in [5.41, 5.74) is 0. The van der Waals surface area contributed by atoms with E-state index in [1.165, 1.54) is 96.3 Å². The van der Waals surface area contributed by atoms with Gasteiger partial charge in [-0.05, 0) is 44.9 Å². The molecule has 9 heteroatoms. The first-order valence-corrected chi connectivity index (χ1v) is 22.4. The molecule has 51 heavy (non-hydrogen) atoms. The number of likely N-dealkylation sites (N-methyl/N-ethyl adjacent to an activating group) is 1. The normalized spacial score (nSPS) is 14.9. The molecule has 0 aromatic heterocycles. The Labute approximate surface area is 315 Å². The molecule has 8 nitrogen and oxygen atoms in total. The van der Waals surface area contributed by atoms with Crippen molar-refractivity contribution in [2.24, 2.45) is 0 Å². The molecule has 0 heterocycles. The Balaban J connectivity index is 4.25. The van der Waals surface area contributed by atoms with Gasteiger partial charge < -0.3 is 19.8 Å². The number of hydrogen-bond donors (Lipinski definition) is 3. The van der Waals surface area contributed by atoms with Crippen LogP contribution in [0, 0.1) is 0 Å². The zero-order chi connectivity index (χ0) is 37.9. The number of nitrogens with one attached hydrogen (secondary N) is 1. The van der Waals surface area contributed by atoms with Crippen molar-refractivity contribution in [3.8, 4) is 0 Å². The highest BCUT2D eigenvalue weighted by Crippen LogP contribution is 2.43. The van der Waals surface area contributed by atoms with Crippen molar-refractivity contribution in [3.05, 3.63) is 36.5 Å². The molecule has 3 atom stereocenters. The van der Waals surface area contributed by atoms with Gasteiger partial charge in [-0.2, -0.15) is 0 Å². The van der Waals surface area contributed by atoms with Gasteiger partial charge in [0.25, 0.3) is 0 Å². The van der Waals surface area contributed by atoms with Gasteiger partial charge in [0, 0.05) is 6.42 Å². The second kappa shape index (κ2) is 34.5. The molecule has 3 unspecified atom stereocenters. The number of carbonyl (C=O) groups is 1. The summed E-state index contributed by atoms with van der Waals surface area (Å²) in [4.78, 5) is 22.8. The van der Waals surface area contributed by atoms with Gasteiger partial charge in [0.2, 0.25) is 5.91 Å². The zero-order valence-corrected chi connectivity index (χ0v) is 34.7. The third kappa shape index (κ3) is 36.9. The van der Waals surface area contributed by atoms with E-state index in [1.54, 1.807) is 6.08 Å². The van der Waals surface area contributed by atoms with E-state index in [0.29, 0.717) is 17.4 Å². The molecule has 0 radical (unpaired) electrons. The molecule has 0 fully saturated rings. The molecule has 1 amide bonds. The Morgan fingerprint density at radius 1 is 0.647 bits per heavy atom. The summed E-state index contributed by atoms with van der Waals surface area (Å²) in [6, 6.07) is -0.862. The number of phosphoric ester groups is 1. The van der Waals surface area contributed by atoms with Gasteiger partial charge in [0.1, 0.15) is 13.2 Å². The van der Waals surface area contributed by atoms with Crippen molar-refractivity contribution < 1.29 is 32.9 Å². The smallest absolute Gasteiger partial charge is 0.387 e. The van der Waals surface area contributed by atoms with E-state index in [4.69, 9.17) is 9.05 Å². The minimum absolute atomic E-state index is 0.0534. The maximum absolute atomic E-state index is 12.6. The Bertz CT molecular complexity index is 933. The Morgan fingerprint density at radius 3 is 1.57 bits per heavy atom. The van der Waals surface area contributed by atoms with Crippen molar-refractivity contribution in [1.29, 1.82) is 0 Å². The quantitative estimate of drug-likeness (QED) is 0.0253. The second-order valence-electron chi connectivity index (χ2n) is 15.4. The lowest BCUT2D eigenvalue weighted by molar-refractivity contribution is -0.870. The highest BCUT2D eigenvalue weighted by atomic mass is 31.2. The molecule has 3 N–H and O–H groups in total. The molecule has 0 bridgehead atoms. The minimum Gasteiger partial charge on any atom is -0.387 e. The van der Waals surface area contributed by atoms with Crippen LogP contribution in [0.15, 0.2) is 36.5 Å². The van der Waals surface area contributed by atoms with Crippen molar-refractivity contribution >= 4 is 13.7 Å². The van der Waals surface area contributed by atoms with Crippen LogP contribution in [0.25, 0.3) is 0 Å². The molecule has 0 saturated carbocycles. The summed E-state index contributed by atoms with van der Waals surface area (Å²) >= 11 is 0. The van der Waals surface area contributed by atoms with Crippen molar-refractivity contribution in [3.63, 3.8) is 0 Å². The van der Waals surface area contributed by atoms with Crippen molar-refractivity contribution in [1.82, 2.24) is 5.32 Å². The topological polar surface area (TPSA) is 105 Å². The van der Waals surface area contributed by atoms with Crippen molar-refractivity contribution in [2.45, 2.75) is 187 Å². The maximum atomic E-state index is 12.6. The Morgan fingerprint density at radius 2 is 1.08 bits per heavy atom. The first kappa shape index (κ1) is 49.7. The van der Waals surface area contributed by atoms with Gasteiger partial charge in [0.15, 0.2) is 0 Å². The second-order valence-corrected chi connectivity index (χ2v) is 16.8. The number of aliphatic hydroxyl groups is 1. The third-order valence-electron chi connectivity index (χ3n) is 9.09. The summed E-state index contributed by atoms with van der Waals surface area (Å²) in [5, 5.41) is 13.6. The van der Waals surface area contributed by atoms with Crippen LogP contribution in [0.2, 0.25) is 0 Å². The van der Waals surface area contributed by atoms with Crippen LogP contribution in [-0.4, -0.2) is 73.4 Å². The fraction of sp³-hybridized carbons (Fsp3) is 0.833. The van der Waals surface area contributed by atoms with Gasteiger partial charge in [-0.15, -0.1) is 0 Å². The van der Waals surface area contributed by atoms with Crippen LogP contribution in [0.5, 0.6) is 0 Å². The van der Waals surface area contributed by atoms with E-state index in [9.17, 15) is 19.4 Å². The van der Waals surface area contributed by atoms with E-state index >= 15 is 0 Å². The highest BCUT2D eigenvalue weighted by Gasteiger charge is 2.27. The summed E-state index contributed by atoms with van der Waals surface area (Å²) < 4.78 is 23.3. The average Bonchev–Trinajstić information content (AvgIpc) is 3.07. The molecule has 0 aliphatic carbocycles. The van der Waals surface area contributed by atoms with E-state index in [1.807, 2.05) is 27.2 Å². The SMILES string of the molecule is CCCCCCCCCCCCCCCC/C=C/CC/C=C/CC/C=C/C(O)C(COP(=O)(O)OCC[N+](C)(C)C)NC(=O)CCCCCCC. The van der Waals surface area contributed by atoms with Crippen LogP contribution < -0.4 is 5.32 Å². The van der Waals surface area contributed by atoms with Gasteiger partial charge >= 0.3 is 7.82 Å². The lowest BCUT2D eigenvalue weighted by Crippen LogP contribution is -2.45. The number of allylic oxidation sites excluding steroid dienone is 5. The highest BCUT2D eigenvalue weighted by molar-refractivity contribution is 7.47. The first-order valence-electron chi connectivity index (χ1n) is 20.9. The van der Waals surface area contributed by atoms with E-state index in [-0.39, 0.29) is 19.1 Å². The fourth-order valence-corrected chi connectivity index (χ4v) is 6.45. The molecular formula is C42H82N2O6P+. The van der Waals surface area contributed by atoms with Crippen LogP contribution >= 0.6 is 7.82 Å². The largest absolute Gasteiger partial charge is 0.472 e. The number of nitrogens with zero attached hydrogens (tertiary/aromatic N) is 1. The molecule has 0 aliphatic rings. The van der Waals surface area contributed by atoms with E-state index in [2.05, 4.69) is 43.5 Å². The molecule has 0 aliphatic heterocycles. The van der Waals surface area contributed by atoms with Gasteiger partial charge in [-0.1, -0.05) is 159 Å². The Kier molecular flexibility index (Phi) is 33.6. The molecular weight excluding hydrogens is 659 g/mol. The zero-order valence-electron chi connectivity index (χ0n) is 33.8. The van der Waals surface area contributed by atoms with Crippen molar-refractivity contribution in [2.75, 3.05) is 40.9 Å². The number of phosphoric acid groups is 1. The maximum Gasteiger partial charge on any atom is 0.472 e. The number of carbonyl (C=O) groups excluding carboxylic acids is 1. The molecule has 0 spiro atoms. The number of unbranched alkanes of at least 4 members (excludes halogenated alkanes) is 20. The van der Waals surface area contributed by atoms with Crippen LogP contribution in [0.1, 0.15) is 174 Å².